The van der Waals surface area contributed by atoms with E-state index >= 15 is 0 Å². The molecule has 0 fully saturated rings. The molecule has 0 atom stereocenters. The number of nitrogens with two attached hydrogens (primary N) is 1. The monoisotopic (exact) mass is 243 g/mol. The Labute approximate surface area is 105 Å². The molecule has 2 aromatic carbocycles. The number of carbonyl (C=O) groups excluding carboxylic acids is 1. The van der Waals surface area contributed by atoms with E-state index in [2.05, 4.69) is 0 Å². The highest BCUT2D eigenvalue weighted by molar-refractivity contribution is 6.09. The Kier molecular flexibility index (Phi) is 3.19. The van der Waals surface area contributed by atoms with Crippen LogP contribution in [0.25, 0.3) is 0 Å². The number of rotatable bonds is 3. The molecule has 0 saturated heterocycles. The van der Waals surface area contributed by atoms with Gasteiger partial charge in [0.25, 0.3) is 0 Å². The van der Waals surface area contributed by atoms with Gasteiger partial charge in [-0.25, -0.2) is 0 Å². The van der Waals surface area contributed by atoms with Crippen LogP contribution in [-0.4, -0.2) is 18.0 Å². The Morgan fingerprint density at radius 3 is 2.33 bits per heavy atom. The van der Waals surface area contributed by atoms with Gasteiger partial charge in [0.15, 0.2) is 17.3 Å². The van der Waals surface area contributed by atoms with Crippen LogP contribution in [0.5, 0.6) is 11.5 Å². The third-order valence-electron chi connectivity index (χ3n) is 2.61. The Morgan fingerprint density at radius 1 is 1.11 bits per heavy atom. The summed E-state index contributed by atoms with van der Waals surface area (Å²) < 4.78 is 4.97. The van der Waals surface area contributed by atoms with E-state index in [0.717, 1.165) is 0 Å². The highest BCUT2D eigenvalue weighted by atomic mass is 16.5. The van der Waals surface area contributed by atoms with Crippen molar-refractivity contribution < 1.29 is 14.6 Å². The highest BCUT2D eigenvalue weighted by Gasteiger charge is 2.11. The fourth-order valence-corrected chi connectivity index (χ4v) is 1.62. The quantitative estimate of drug-likeness (QED) is 0.640. The summed E-state index contributed by atoms with van der Waals surface area (Å²) in [5.41, 5.74) is 7.16. The number of aromatic hydroxyl groups is 1. The molecule has 0 aliphatic carbocycles. The maximum Gasteiger partial charge on any atom is 0.193 e. The Bertz CT molecular complexity index is 576. The van der Waals surface area contributed by atoms with Gasteiger partial charge in [0.05, 0.1) is 7.11 Å². The van der Waals surface area contributed by atoms with Gasteiger partial charge < -0.3 is 15.6 Å². The number of phenols is 1. The first-order chi connectivity index (χ1) is 8.61. The number of methoxy groups -OCH3 is 1. The number of benzene rings is 2. The van der Waals surface area contributed by atoms with Crippen LogP contribution in [0, 0.1) is 0 Å². The summed E-state index contributed by atoms with van der Waals surface area (Å²) in [6.07, 6.45) is 0. The number of ketones is 1. The molecule has 4 heteroatoms. The van der Waals surface area contributed by atoms with E-state index in [4.69, 9.17) is 10.5 Å². The molecule has 0 unspecified atom stereocenters. The Hall–Kier alpha value is -2.49. The molecular weight excluding hydrogens is 230 g/mol. The van der Waals surface area contributed by atoms with Crippen molar-refractivity contribution in [1.29, 1.82) is 0 Å². The van der Waals surface area contributed by atoms with E-state index in [-0.39, 0.29) is 17.3 Å². The molecule has 0 bridgehead atoms. The summed E-state index contributed by atoms with van der Waals surface area (Å²) in [4.78, 5) is 12.2. The van der Waals surface area contributed by atoms with Gasteiger partial charge in [-0.2, -0.15) is 0 Å². The zero-order valence-electron chi connectivity index (χ0n) is 9.88. The molecule has 4 nitrogen and oxygen atoms in total. The topological polar surface area (TPSA) is 72.5 Å². The second kappa shape index (κ2) is 4.79. The molecule has 0 aliphatic rings. The number of anilines is 1. The minimum absolute atomic E-state index is 0.00589. The zero-order valence-corrected chi connectivity index (χ0v) is 9.88. The summed E-state index contributed by atoms with van der Waals surface area (Å²) >= 11 is 0. The maximum absolute atomic E-state index is 12.2. The molecule has 0 spiro atoms. The van der Waals surface area contributed by atoms with Crippen LogP contribution in [-0.2, 0) is 0 Å². The van der Waals surface area contributed by atoms with Crippen molar-refractivity contribution in [3.8, 4) is 11.5 Å². The lowest BCUT2D eigenvalue weighted by molar-refractivity contribution is 0.103. The van der Waals surface area contributed by atoms with Crippen LogP contribution in [0.1, 0.15) is 15.9 Å². The van der Waals surface area contributed by atoms with Crippen molar-refractivity contribution in [2.24, 2.45) is 0 Å². The standard InChI is InChI=1S/C14H13NO3/c1-18-13-8-10(4-7-12(13)16)14(17)9-2-5-11(15)6-3-9/h2-8,16H,15H2,1H3. The number of phenolic OH excluding ortho intramolecular Hbond substituents is 1. The molecule has 3 N–H and O–H groups in total. The zero-order chi connectivity index (χ0) is 13.1. The number of nitrogen functional groups attached to an aromatic ring is 1. The maximum atomic E-state index is 12.2. The second-order valence-electron chi connectivity index (χ2n) is 3.84. The summed E-state index contributed by atoms with van der Waals surface area (Å²) in [6, 6.07) is 11.2. The predicted molar refractivity (Wildman–Crippen MR) is 68.9 cm³/mol. The molecule has 18 heavy (non-hydrogen) atoms. The molecule has 92 valence electrons. The lowest BCUT2D eigenvalue weighted by Crippen LogP contribution is -2.01. The average Bonchev–Trinajstić information content (AvgIpc) is 2.39. The lowest BCUT2D eigenvalue weighted by Gasteiger charge is -2.06. The van der Waals surface area contributed by atoms with Gasteiger partial charge in [-0.1, -0.05) is 0 Å². The number of hydrogen-bond acceptors (Lipinski definition) is 4. The Balaban J connectivity index is 2.37. The van der Waals surface area contributed by atoms with Crippen LogP contribution in [0.3, 0.4) is 0 Å². The SMILES string of the molecule is COc1cc(C(=O)c2ccc(N)cc2)ccc1O. The van der Waals surface area contributed by atoms with Crippen molar-refractivity contribution in [2.75, 3.05) is 12.8 Å². The summed E-state index contributed by atoms with van der Waals surface area (Å²) in [5.74, 6) is 0.135. The van der Waals surface area contributed by atoms with Crippen molar-refractivity contribution in [3.05, 3.63) is 53.6 Å². The van der Waals surface area contributed by atoms with Crippen molar-refractivity contribution in [2.45, 2.75) is 0 Å². The molecule has 2 rings (SSSR count). The van der Waals surface area contributed by atoms with Gasteiger partial charge in [0.1, 0.15) is 0 Å². The summed E-state index contributed by atoms with van der Waals surface area (Å²) in [7, 11) is 1.44. The lowest BCUT2D eigenvalue weighted by atomic mass is 10.0. The molecule has 0 saturated carbocycles. The van der Waals surface area contributed by atoms with Gasteiger partial charge >= 0.3 is 0 Å². The summed E-state index contributed by atoms with van der Waals surface area (Å²) in [5, 5.41) is 9.47. The molecule has 0 aromatic heterocycles. The van der Waals surface area contributed by atoms with Crippen LogP contribution in [0.15, 0.2) is 42.5 Å². The first-order valence-electron chi connectivity index (χ1n) is 5.39. The predicted octanol–water partition coefficient (Wildman–Crippen LogP) is 2.21. The Morgan fingerprint density at radius 2 is 1.72 bits per heavy atom. The van der Waals surface area contributed by atoms with Crippen LogP contribution in [0.4, 0.5) is 5.69 Å². The van der Waals surface area contributed by atoms with E-state index in [0.29, 0.717) is 16.8 Å². The molecule has 0 amide bonds. The largest absolute Gasteiger partial charge is 0.504 e. The van der Waals surface area contributed by atoms with Crippen LogP contribution >= 0.6 is 0 Å². The van der Waals surface area contributed by atoms with E-state index in [1.807, 2.05) is 0 Å². The number of ether oxygens (including phenoxy) is 1. The van der Waals surface area contributed by atoms with E-state index < -0.39 is 0 Å². The van der Waals surface area contributed by atoms with Gasteiger partial charge in [0, 0.05) is 16.8 Å². The first-order valence-corrected chi connectivity index (χ1v) is 5.39. The molecule has 0 radical (unpaired) electrons. The van der Waals surface area contributed by atoms with Crippen molar-refractivity contribution in [1.82, 2.24) is 0 Å². The summed E-state index contributed by atoms with van der Waals surface area (Å²) in [6.45, 7) is 0. The van der Waals surface area contributed by atoms with Crippen molar-refractivity contribution >= 4 is 11.5 Å². The fourth-order valence-electron chi connectivity index (χ4n) is 1.62. The average molecular weight is 243 g/mol. The minimum atomic E-state index is -0.145. The highest BCUT2D eigenvalue weighted by Crippen LogP contribution is 2.27. The van der Waals surface area contributed by atoms with Gasteiger partial charge in [0.2, 0.25) is 0 Å². The van der Waals surface area contributed by atoms with E-state index in [1.165, 1.54) is 19.2 Å². The van der Waals surface area contributed by atoms with Crippen molar-refractivity contribution in [3.63, 3.8) is 0 Å². The minimum Gasteiger partial charge on any atom is -0.504 e. The van der Waals surface area contributed by atoms with E-state index in [1.54, 1.807) is 30.3 Å². The number of hydrogen-bond donors (Lipinski definition) is 2. The third kappa shape index (κ3) is 2.27. The van der Waals surface area contributed by atoms with Gasteiger partial charge in [-0.15, -0.1) is 0 Å². The first kappa shape index (κ1) is 12.0. The third-order valence-corrected chi connectivity index (χ3v) is 2.61. The van der Waals surface area contributed by atoms with Crippen LogP contribution in [0.2, 0.25) is 0 Å². The van der Waals surface area contributed by atoms with Gasteiger partial charge in [-0.05, 0) is 42.5 Å². The normalized spacial score (nSPS) is 10.1. The smallest absolute Gasteiger partial charge is 0.193 e. The van der Waals surface area contributed by atoms with E-state index in [9.17, 15) is 9.90 Å². The molecule has 0 heterocycles. The molecule has 0 aliphatic heterocycles. The van der Waals surface area contributed by atoms with Gasteiger partial charge in [-0.3, -0.25) is 4.79 Å². The molecule has 2 aromatic rings. The van der Waals surface area contributed by atoms with Crippen LogP contribution < -0.4 is 10.5 Å². The molecular formula is C14H13NO3. The number of carbonyl (C=O) groups is 1. The fraction of sp³-hybridized carbons (Fsp3) is 0.0714. The second-order valence-corrected chi connectivity index (χ2v) is 3.84.